The summed E-state index contributed by atoms with van der Waals surface area (Å²) in [5, 5.41) is 23.1. The van der Waals surface area contributed by atoms with Gasteiger partial charge in [0, 0.05) is 12.8 Å². The molecule has 0 saturated heterocycles. The van der Waals surface area contributed by atoms with Crippen molar-refractivity contribution < 1.29 is 24.5 Å². The highest BCUT2D eigenvalue weighted by Crippen LogP contribution is 2.17. The number of amides is 1. The first-order chi connectivity index (χ1) is 34.5. The Kier molecular flexibility index (Phi) is 58.0. The lowest BCUT2D eigenvalue weighted by molar-refractivity contribution is -0.143. The highest BCUT2D eigenvalue weighted by molar-refractivity contribution is 5.76. The van der Waals surface area contributed by atoms with E-state index in [0.717, 1.165) is 51.4 Å². The topological polar surface area (TPSA) is 95.9 Å². The number of nitrogens with one attached hydrogen (secondary N) is 1. The fourth-order valence-electron chi connectivity index (χ4n) is 9.61. The summed E-state index contributed by atoms with van der Waals surface area (Å²) in [5.41, 5.74) is 0. The molecule has 0 bridgehead atoms. The van der Waals surface area contributed by atoms with E-state index in [4.69, 9.17) is 4.74 Å². The smallest absolute Gasteiger partial charge is 0.305 e. The molecule has 0 aromatic rings. The zero-order valence-corrected chi connectivity index (χ0v) is 47.0. The second kappa shape index (κ2) is 59.6. The number of aliphatic hydroxyl groups excluding tert-OH is 2. The molecular weight excluding hydrogens is 863 g/mol. The molecule has 0 fully saturated rings. The molecule has 0 saturated carbocycles. The van der Waals surface area contributed by atoms with Crippen LogP contribution in [0.1, 0.15) is 335 Å². The Bertz CT molecular complexity index is 1130. The molecule has 0 rings (SSSR count). The van der Waals surface area contributed by atoms with Crippen LogP contribution in [0.25, 0.3) is 0 Å². The first-order valence-electron chi connectivity index (χ1n) is 31.2. The number of ether oxygens (including phenoxy) is 1. The van der Waals surface area contributed by atoms with Crippen LogP contribution < -0.4 is 5.32 Å². The molecule has 2 atom stereocenters. The predicted molar refractivity (Wildman–Crippen MR) is 306 cm³/mol. The monoisotopic (exact) mass is 984 g/mol. The van der Waals surface area contributed by atoms with E-state index in [1.807, 2.05) is 0 Å². The maximum atomic E-state index is 12.4. The minimum atomic E-state index is -0.664. The highest BCUT2D eigenvalue weighted by Gasteiger charge is 2.20. The molecule has 6 heteroatoms. The van der Waals surface area contributed by atoms with Gasteiger partial charge in [-0.2, -0.15) is 0 Å². The van der Waals surface area contributed by atoms with Gasteiger partial charge in [-0.1, -0.05) is 275 Å². The standard InChI is InChI=1S/C64H121NO5/c1-3-5-7-9-11-13-14-15-16-17-25-29-32-35-38-42-46-50-54-58-64(69)70-59-55-51-47-43-39-36-33-30-27-24-22-20-18-19-21-23-26-28-31-34-37-41-45-49-53-57-63(68)65-61(60-66)62(67)56-52-48-44-40-12-10-8-6-4-2/h11,13,15-16,19,21,61-62,66-67H,3-10,12,14,17-18,20,22-60H2,1-2H3,(H,65,68)/b13-11-,16-15-,21-19-. The van der Waals surface area contributed by atoms with E-state index < -0.39 is 12.1 Å². The summed E-state index contributed by atoms with van der Waals surface area (Å²) < 4.78 is 5.50. The number of aliphatic hydroxyl groups is 2. The average molecular weight is 985 g/mol. The zero-order valence-electron chi connectivity index (χ0n) is 47.0. The van der Waals surface area contributed by atoms with Gasteiger partial charge in [-0.15, -0.1) is 0 Å². The van der Waals surface area contributed by atoms with E-state index in [0.29, 0.717) is 25.9 Å². The van der Waals surface area contributed by atoms with E-state index in [1.165, 1.54) is 250 Å². The van der Waals surface area contributed by atoms with Crippen molar-refractivity contribution in [2.24, 2.45) is 0 Å². The zero-order chi connectivity index (χ0) is 50.7. The highest BCUT2D eigenvalue weighted by atomic mass is 16.5. The van der Waals surface area contributed by atoms with Crippen molar-refractivity contribution in [1.29, 1.82) is 0 Å². The van der Waals surface area contributed by atoms with Gasteiger partial charge in [0.25, 0.3) is 0 Å². The van der Waals surface area contributed by atoms with Crippen molar-refractivity contribution in [3.8, 4) is 0 Å². The van der Waals surface area contributed by atoms with E-state index in [2.05, 4.69) is 55.6 Å². The van der Waals surface area contributed by atoms with Crippen molar-refractivity contribution in [2.45, 2.75) is 347 Å². The molecule has 0 aliphatic rings. The molecule has 2 unspecified atom stereocenters. The number of hydrogen-bond donors (Lipinski definition) is 3. The minimum Gasteiger partial charge on any atom is -0.466 e. The summed E-state index contributed by atoms with van der Waals surface area (Å²) in [6.07, 6.45) is 74.5. The summed E-state index contributed by atoms with van der Waals surface area (Å²) >= 11 is 0. The van der Waals surface area contributed by atoms with Crippen molar-refractivity contribution in [3.05, 3.63) is 36.5 Å². The number of carbonyl (C=O) groups excluding carboxylic acids is 2. The number of esters is 1. The Morgan fingerprint density at radius 2 is 0.714 bits per heavy atom. The summed E-state index contributed by atoms with van der Waals surface area (Å²) in [4.78, 5) is 24.5. The Morgan fingerprint density at radius 1 is 0.400 bits per heavy atom. The molecule has 1 amide bonds. The van der Waals surface area contributed by atoms with Gasteiger partial charge < -0.3 is 20.3 Å². The lowest BCUT2D eigenvalue weighted by Gasteiger charge is -2.22. The molecule has 0 heterocycles. The average Bonchev–Trinajstić information content (AvgIpc) is 3.36. The first kappa shape index (κ1) is 68.1. The number of allylic oxidation sites excluding steroid dienone is 6. The van der Waals surface area contributed by atoms with Crippen LogP contribution in [0.4, 0.5) is 0 Å². The van der Waals surface area contributed by atoms with Gasteiger partial charge in [0.1, 0.15) is 0 Å². The fourth-order valence-corrected chi connectivity index (χ4v) is 9.61. The Balaban J connectivity index is 3.36. The second-order valence-electron chi connectivity index (χ2n) is 21.4. The third-order valence-electron chi connectivity index (χ3n) is 14.4. The number of hydrogen-bond acceptors (Lipinski definition) is 5. The van der Waals surface area contributed by atoms with Crippen LogP contribution in [0.3, 0.4) is 0 Å². The van der Waals surface area contributed by atoms with Crippen LogP contribution in [0.15, 0.2) is 36.5 Å². The van der Waals surface area contributed by atoms with Gasteiger partial charge in [0.15, 0.2) is 0 Å². The lowest BCUT2D eigenvalue weighted by atomic mass is 10.0. The summed E-state index contributed by atoms with van der Waals surface area (Å²) in [6, 6.07) is -0.542. The van der Waals surface area contributed by atoms with Crippen molar-refractivity contribution in [2.75, 3.05) is 13.2 Å². The van der Waals surface area contributed by atoms with Gasteiger partial charge in [-0.3, -0.25) is 9.59 Å². The van der Waals surface area contributed by atoms with Gasteiger partial charge in [-0.05, 0) is 83.5 Å². The molecule has 70 heavy (non-hydrogen) atoms. The van der Waals surface area contributed by atoms with Crippen molar-refractivity contribution >= 4 is 11.9 Å². The molecule has 6 nitrogen and oxygen atoms in total. The van der Waals surface area contributed by atoms with Crippen molar-refractivity contribution in [3.63, 3.8) is 0 Å². The molecule has 412 valence electrons. The lowest BCUT2D eigenvalue weighted by Crippen LogP contribution is -2.45. The van der Waals surface area contributed by atoms with Gasteiger partial charge in [0.2, 0.25) is 5.91 Å². The van der Waals surface area contributed by atoms with Gasteiger partial charge >= 0.3 is 5.97 Å². The van der Waals surface area contributed by atoms with E-state index in [9.17, 15) is 19.8 Å². The normalized spacial score (nSPS) is 12.8. The maximum absolute atomic E-state index is 12.4. The van der Waals surface area contributed by atoms with E-state index in [-0.39, 0.29) is 18.5 Å². The molecular formula is C64H121NO5. The van der Waals surface area contributed by atoms with Crippen LogP contribution in [0, 0.1) is 0 Å². The third-order valence-corrected chi connectivity index (χ3v) is 14.4. The van der Waals surface area contributed by atoms with E-state index >= 15 is 0 Å². The van der Waals surface area contributed by atoms with Crippen LogP contribution in [-0.2, 0) is 14.3 Å². The fraction of sp³-hybridized carbons (Fsp3) is 0.875. The van der Waals surface area contributed by atoms with Gasteiger partial charge in [0.05, 0.1) is 25.4 Å². The van der Waals surface area contributed by atoms with Crippen LogP contribution in [0.5, 0.6) is 0 Å². The van der Waals surface area contributed by atoms with Gasteiger partial charge in [-0.25, -0.2) is 0 Å². The molecule has 0 aromatic carbocycles. The molecule has 0 radical (unpaired) electrons. The number of unbranched alkanes of at least 4 members (excludes halogenated alkanes) is 41. The van der Waals surface area contributed by atoms with E-state index in [1.54, 1.807) is 0 Å². The van der Waals surface area contributed by atoms with Crippen molar-refractivity contribution in [1.82, 2.24) is 5.32 Å². The summed E-state index contributed by atoms with van der Waals surface area (Å²) in [6.45, 7) is 4.91. The number of rotatable bonds is 58. The quantitative estimate of drug-likeness (QED) is 0.0321. The molecule has 0 spiro atoms. The largest absolute Gasteiger partial charge is 0.466 e. The maximum Gasteiger partial charge on any atom is 0.305 e. The number of carbonyl (C=O) groups is 2. The predicted octanol–water partition coefficient (Wildman–Crippen LogP) is 19.6. The first-order valence-corrected chi connectivity index (χ1v) is 31.2. The SMILES string of the molecule is CCCCC/C=C\C/C=C\CCCCCCCCCCCC(=O)OCCCCCCCCCCCCCC/C=C\CCCCCCCCCCCC(=O)NC(CO)C(O)CCCCCCCCCCC. The minimum absolute atomic E-state index is 0.00960. The summed E-state index contributed by atoms with van der Waals surface area (Å²) in [5.74, 6) is -0.0305. The van der Waals surface area contributed by atoms with Crippen LogP contribution in [0.2, 0.25) is 0 Å². The Morgan fingerprint density at radius 3 is 1.13 bits per heavy atom. The molecule has 3 N–H and O–H groups in total. The Labute approximate surface area is 436 Å². The molecule has 0 aliphatic heterocycles. The summed E-state index contributed by atoms with van der Waals surface area (Å²) in [7, 11) is 0. The van der Waals surface area contributed by atoms with Crippen LogP contribution in [-0.4, -0.2) is 47.4 Å². The van der Waals surface area contributed by atoms with Crippen LogP contribution >= 0.6 is 0 Å². The third kappa shape index (κ3) is 55.4. The molecule has 0 aromatic heterocycles. The molecule has 0 aliphatic carbocycles. The Hall–Kier alpha value is -1.92. The second-order valence-corrected chi connectivity index (χ2v) is 21.4.